The largest absolute Gasteiger partial charge is 0.460 e. The highest BCUT2D eigenvalue weighted by Crippen LogP contribution is 2.45. The number of amidine groups is 1. The maximum atomic E-state index is 13.6. The Morgan fingerprint density at radius 2 is 1.68 bits per heavy atom. The topological polar surface area (TPSA) is 77.5 Å². The number of amides is 1. The molecule has 0 bridgehead atoms. The molecule has 3 aromatic rings. The van der Waals surface area contributed by atoms with Gasteiger partial charge in [-0.3, -0.25) is 4.79 Å². The van der Waals surface area contributed by atoms with Crippen molar-refractivity contribution in [3.63, 3.8) is 0 Å². The molecule has 8 heteroatoms. The van der Waals surface area contributed by atoms with Gasteiger partial charge in [-0.2, -0.15) is 0 Å². The molecule has 5 rings (SSSR count). The Hall–Kier alpha value is -4.33. The summed E-state index contributed by atoms with van der Waals surface area (Å²) in [5, 5.41) is 13.1. The number of anilines is 2. The summed E-state index contributed by atoms with van der Waals surface area (Å²) in [6.07, 6.45) is 0. The van der Waals surface area contributed by atoms with E-state index in [2.05, 4.69) is 5.32 Å². The molecule has 2 aliphatic rings. The number of carbonyl (C=O) groups is 2. The minimum Gasteiger partial charge on any atom is -0.460 e. The van der Waals surface area contributed by atoms with E-state index in [0.717, 1.165) is 16.8 Å². The Balaban J connectivity index is 1.82. The number of rotatable bonds is 4. The second kappa shape index (κ2) is 8.22. The molecule has 3 aromatic carbocycles. The molecule has 0 unspecified atom stereocenters. The van der Waals surface area contributed by atoms with Crippen LogP contribution in [0.3, 0.4) is 0 Å². The summed E-state index contributed by atoms with van der Waals surface area (Å²) < 4.78 is 5.36. The number of para-hydroxylation sites is 1. The predicted octanol–water partition coefficient (Wildman–Crippen LogP) is 3.92. The number of aryl methyl sites for hydroxylation is 1. The van der Waals surface area contributed by atoms with Crippen LogP contribution in [-0.4, -0.2) is 41.4 Å². The monoisotopic (exact) mass is 455 g/mol. The number of nitrogens with one attached hydrogen (secondary N) is 1. The van der Waals surface area contributed by atoms with Crippen molar-refractivity contribution in [3.05, 3.63) is 95.6 Å². The van der Waals surface area contributed by atoms with Gasteiger partial charge < -0.3 is 10.1 Å². The Labute approximate surface area is 198 Å². The lowest BCUT2D eigenvalue weighted by atomic mass is 10.0. The van der Waals surface area contributed by atoms with E-state index in [1.807, 2.05) is 79.7 Å². The molecule has 34 heavy (non-hydrogen) atoms. The van der Waals surface area contributed by atoms with Crippen LogP contribution in [0, 0.1) is 6.92 Å². The lowest BCUT2D eigenvalue weighted by Crippen LogP contribution is -2.63. The van der Waals surface area contributed by atoms with E-state index in [1.54, 1.807) is 30.1 Å². The summed E-state index contributed by atoms with van der Waals surface area (Å²) in [6.45, 7) is 3.92. The van der Waals surface area contributed by atoms with Crippen LogP contribution in [0.2, 0.25) is 0 Å². The molecule has 2 heterocycles. The number of hydrogen-bond donors (Lipinski definition) is 1. The fourth-order valence-electron chi connectivity index (χ4n) is 4.39. The zero-order valence-corrected chi connectivity index (χ0v) is 19.2. The molecule has 0 radical (unpaired) electrons. The maximum Gasteiger partial charge on any atom is 0.377 e. The van der Waals surface area contributed by atoms with Crippen LogP contribution in [0.5, 0.6) is 0 Å². The lowest BCUT2D eigenvalue weighted by molar-refractivity contribution is -0.137. The third-order valence-electron chi connectivity index (χ3n) is 5.98. The van der Waals surface area contributed by atoms with Gasteiger partial charge in [-0.05, 0) is 38.1 Å². The molecule has 1 N–H and O–H groups in total. The molecule has 1 atom stereocenters. The first-order valence-corrected chi connectivity index (χ1v) is 11.1. The van der Waals surface area contributed by atoms with E-state index >= 15 is 0 Å². The van der Waals surface area contributed by atoms with E-state index in [1.165, 1.54) is 5.01 Å². The number of hydrogen-bond acceptors (Lipinski definition) is 7. The number of esters is 1. The van der Waals surface area contributed by atoms with Gasteiger partial charge in [0.2, 0.25) is 0 Å². The zero-order valence-electron chi connectivity index (χ0n) is 19.2. The zero-order chi connectivity index (χ0) is 23.9. The van der Waals surface area contributed by atoms with Gasteiger partial charge in [-0.15, -0.1) is 5.10 Å². The van der Waals surface area contributed by atoms with Crippen LogP contribution in [0.25, 0.3) is 0 Å². The molecule has 8 nitrogen and oxygen atoms in total. The van der Waals surface area contributed by atoms with Gasteiger partial charge >= 0.3 is 5.97 Å². The second-order valence-electron chi connectivity index (χ2n) is 8.14. The first-order valence-electron chi connectivity index (χ1n) is 11.1. The fraction of sp³-hybridized carbons (Fsp3) is 0.192. The van der Waals surface area contributed by atoms with Crippen molar-refractivity contribution in [3.8, 4) is 0 Å². The van der Waals surface area contributed by atoms with E-state index in [4.69, 9.17) is 9.84 Å². The third-order valence-corrected chi connectivity index (χ3v) is 5.98. The minimum atomic E-state index is -1.25. The van der Waals surface area contributed by atoms with Crippen molar-refractivity contribution in [1.29, 1.82) is 0 Å². The number of hydrazine groups is 1. The van der Waals surface area contributed by atoms with Crippen LogP contribution >= 0.6 is 0 Å². The number of nitrogens with zero attached hydrogens (tertiary/aromatic N) is 4. The highest BCUT2D eigenvalue weighted by atomic mass is 16.5. The van der Waals surface area contributed by atoms with Gasteiger partial charge in [-0.25, -0.2) is 19.8 Å². The first-order chi connectivity index (χ1) is 16.5. The number of hydrazone groups is 1. The molecule has 1 amide bonds. The molecule has 0 saturated carbocycles. The Kier molecular flexibility index (Phi) is 5.20. The summed E-state index contributed by atoms with van der Waals surface area (Å²) in [6, 6.07) is 24.8. The Morgan fingerprint density at radius 1 is 1.00 bits per heavy atom. The van der Waals surface area contributed by atoms with Crippen LogP contribution in [0.1, 0.15) is 28.4 Å². The van der Waals surface area contributed by atoms with E-state index in [0.29, 0.717) is 11.3 Å². The van der Waals surface area contributed by atoms with Gasteiger partial charge in [0.25, 0.3) is 17.5 Å². The quantitative estimate of drug-likeness (QED) is 0.601. The molecule has 0 aliphatic carbocycles. The number of benzene rings is 3. The summed E-state index contributed by atoms with van der Waals surface area (Å²) in [5.74, 6) is -2.15. The average Bonchev–Trinajstić information content (AvgIpc) is 3.16. The summed E-state index contributed by atoms with van der Waals surface area (Å²) in [5.41, 5.74) is 3.74. The second-order valence-corrected chi connectivity index (χ2v) is 8.14. The standard InChI is InChI=1S/C26H25N5O3/c1-4-34-25(33)23-28-30(20-16-14-18(2)15-17-20)26(19-10-6-5-7-11-19)27-22-13-9-8-12-21(22)24(32)29(3)31(23)26/h5-17,27H,4H2,1-3H3/t26-/m1/s1. The molecular weight excluding hydrogens is 430 g/mol. The van der Waals surface area contributed by atoms with Gasteiger partial charge in [-0.1, -0.05) is 60.2 Å². The van der Waals surface area contributed by atoms with Crippen LogP contribution in [-0.2, 0) is 15.3 Å². The predicted molar refractivity (Wildman–Crippen MR) is 130 cm³/mol. The Morgan fingerprint density at radius 3 is 2.38 bits per heavy atom. The summed E-state index contributed by atoms with van der Waals surface area (Å²) in [4.78, 5) is 26.7. The molecular formula is C26H25N5O3. The van der Waals surface area contributed by atoms with E-state index in [-0.39, 0.29) is 18.3 Å². The van der Waals surface area contributed by atoms with Gasteiger partial charge in [0.15, 0.2) is 0 Å². The Bertz CT molecular complexity index is 1280. The molecule has 172 valence electrons. The molecule has 2 aliphatic heterocycles. The van der Waals surface area contributed by atoms with Crippen molar-refractivity contribution in [2.24, 2.45) is 5.10 Å². The van der Waals surface area contributed by atoms with Crippen molar-refractivity contribution < 1.29 is 14.3 Å². The summed E-state index contributed by atoms with van der Waals surface area (Å²) in [7, 11) is 1.64. The summed E-state index contributed by atoms with van der Waals surface area (Å²) >= 11 is 0. The van der Waals surface area contributed by atoms with Crippen LogP contribution < -0.4 is 10.3 Å². The number of carbonyl (C=O) groups excluding carboxylic acids is 2. The smallest absolute Gasteiger partial charge is 0.377 e. The van der Waals surface area contributed by atoms with E-state index < -0.39 is 11.8 Å². The highest BCUT2D eigenvalue weighted by molar-refractivity contribution is 6.36. The number of fused-ring (bicyclic) bond motifs is 2. The highest BCUT2D eigenvalue weighted by Gasteiger charge is 2.58. The van der Waals surface area contributed by atoms with Crippen molar-refractivity contribution in [1.82, 2.24) is 10.0 Å². The third kappa shape index (κ3) is 3.18. The maximum absolute atomic E-state index is 13.6. The first kappa shape index (κ1) is 21.5. The van der Waals surface area contributed by atoms with Gasteiger partial charge in [0.1, 0.15) is 0 Å². The molecule has 0 spiro atoms. The molecule has 0 aromatic heterocycles. The molecule has 0 fully saturated rings. The SMILES string of the molecule is CCOC(=O)C1=NN(c2ccc(C)cc2)[C@@]2(c3ccccc3)Nc3ccccc3C(=O)N(C)N12. The van der Waals surface area contributed by atoms with Gasteiger partial charge in [0.05, 0.1) is 23.5 Å². The number of ether oxygens (including phenoxy) is 1. The van der Waals surface area contributed by atoms with Gasteiger partial charge in [0, 0.05) is 12.6 Å². The van der Waals surface area contributed by atoms with Crippen LogP contribution in [0.4, 0.5) is 11.4 Å². The fourth-order valence-corrected chi connectivity index (χ4v) is 4.39. The molecule has 0 saturated heterocycles. The van der Waals surface area contributed by atoms with Crippen molar-refractivity contribution in [2.75, 3.05) is 24.0 Å². The van der Waals surface area contributed by atoms with Crippen molar-refractivity contribution >= 4 is 29.1 Å². The van der Waals surface area contributed by atoms with Crippen molar-refractivity contribution in [2.45, 2.75) is 19.6 Å². The van der Waals surface area contributed by atoms with Crippen LogP contribution in [0.15, 0.2) is 84.0 Å². The normalized spacial score (nSPS) is 19.1. The average molecular weight is 456 g/mol. The van der Waals surface area contributed by atoms with E-state index in [9.17, 15) is 9.59 Å². The lowest BCUT2D eigenvalue weighted by Gasteiger charge is -2.46. The minimum absolute atomic E-state index is 0.00225.